The van der Waals surface area contributed by atoms with Crippen LogP contribution in [0.25, 0.3) is 10.2 Å². The average molecular weight is 339 g/mol. The third-order valence-electron chi connectivity index (χ3n) is 4.75. The van der Waals surface area contributed by atoms with Crippen LogP contribution < -0.4 is 4.90 Å². The number of pyridine rings is 1. The molecular formula is C18H21N5S. The van der Waals surface area contributed by atoms with Crippen LogP contribution in [0.2, 0.25) is 0 Å². The largest absolute Gasteiger partial charge is 0.353 e. The zero-order valence-electron chi connectivity index (χ0n) is 14.1. The maximum atomic E-state index is 4.61. The van der Waals surface area contributed by atoms with Crippen LogP contribution in [0.15, 0.2) is 30.9 Å². The van der Waals surface area contributed by atoms with Crippen molar-refractivity contribution in [3.63, 3.8) is 0 Å². The van der Waals surface area contributed by atoms with Gasteiger partial charge in [0.05, 0.1) is 5.39 Å². The first kappa shape index (κ1) is 15.5. The van der Waals surface area contributed by atoms with Crippen LogP contribution in [0.3, 0.4) is 0 Å². The molecule has 0 radical (unpaired) electrons. The summed E-state index contributed by atoms with van der Waals surface area (Å²) in [4.78, 5) is 20.6. The van der Waals surface area contributed by atoms with Gasteiger partial charge in [0.25, 0.3) is 0 Å². The normalized spacial score (nSPS) is 16.0. The third-order valence-corrected chi connectivity index (χ3v) is 5.86. The molecule has 4 heterocycles. The summed E-state index contributed by atoms with van der Waals surface area (Å²) in [6, 6.07) is 4.15. The summed E-state index contributed by atoms with van der Waals surface area (Å²) in [5.74, 6) is 1.10. The molecule has 0 aliphatic carbocycles. The molecule has 0 spiro atoms. The average Bonchev–Trinajstić information content (AvgIpc) is 2.91. The molecule has 0 bridgehead atoms. The monoisotopic (exact) mass is 339 g/mol. The molecule has 0 saturated carbocycles. The number of hydrogen-bond acceptors (Lipinski definition) is 6. The number of aryl methyl sites for hydroxylation is 2. The van der Waals surface area contributed by atoms with E-state index in [4.69, 9.17) is 0 Å². The maximum Gasteiger partial charge on any atom is 0.141 e. The minimum absolute atomic E-state index is 0.970. The summed E-state index contributed by atoms with van der Waals surface area (Å²) in [6.45, 7) is 9.40. The fourth-order valence-corrected chi connectivity index (χ4v) is 4.26. The minimum atomic E-state index is 0.970. The Morgan fingerprint density at radius 3 is 2.71 bits per heavy atom. The topological polar surface area (TPSA) is 45.2 Å². The summed E-state index contributed by atoms with van der Waals surface area (Å²) in [7, 11) is 0. The number of fused-ring (bicyclic) bond motifs is 1. The lowest BCUT2D eigenvalue weighted by molar-refractivity contribution is 0.249. The van der Waals surface area contributed by atoms with E-state index in [0.717, 1.165) is 43.4 Å². The molecule has 0 N–H and O–H groups in total. The number of anilines is 1. The number of rotatable bonds is 3. The second-order valence-electron chi connectivity index (χ2n) is 6.29. The number of thiophene rings is 1. The highest BCUT2D eigenvalue weighted by Gasteiger charge is 2.22. The zero-order valence-corrected chi connectivity index (χ0v) is 14.9. The van der Waals surface area contributed by atoms with Gasteiger partial charge in [-0.15, -0.1) is 11.3 Å². The van der Waals surface area contributed by atoms with Crippen LogP contribution in [0, 0.1) is 13.8 Å². The third kappa shape index (κ3) is 2.87. The van der Waals surface area contributed by atoms with Gasteiger partial charge in [-0.1, -0.05) is 6.07 Å². The van der Waals surface area contributed by atoms with Gasteiger partial charge >= 0.3 is 0 Å². The predicted octanol–water partition coefficient (Wildman–Crippen LogP) is 3.03. The molecular weight excluding hydrogens is 318 g/mol. The van der Waals surface area contributed by atoms with Crippen molar-refractivity contribution in [1.82, 2.24) is 19.9 Å². The summed E-state index contributed by atoms with van der Waals surface area (Å²) >= 11 is 1.76. The van der Waals surface area contributed by atoms with Crippen LogP contribution in [0.1, 0.15) is 16.0 Å². The van der Waals surface area contributed by atoms with Gasteiger partial charge in [-0.05, 0) is 31.0 Å². The predicted molar refractivity (Wildman–Crippen MR) is 98.6 cm³/mol. The van der Waals surface area contributed by atoms with Gasteiger partial charge in [0.15, 0.2) is 0 Å². The molecule has 24 heavy (non-hydrogen) atoms. The number of nitrogens with zero attached hydrogens (tertiary/aromatic N) is 5. The quantitative estimate of drug-likeness (QED) is 0.734. The second-order valence-corrected chi connectivity index (χ2v) is 7.49. The standard InChI is InChI=1S/C18H21N5S/c1-13-14(2)24-18-16(13)17(20-12-21-18)23-8-6-22(7-9-23)11-15-4-3-5-19-10-15/h3-5,10,12H,6-9,11H2,1-2H3. The van der Waals surface area contributed by atoms with Crippen molar-refractivity contribution in [3.8, 4) is 0 Å². The SMILES string of the molecule is Cc1sc2ncnc(N3CCN(Cc4cccnc4)CC3)c2c1C. The maximum absolute atomic E-state index is 4.61. The summed E-state index contributed by atoms with van der Waals surface area (Å²) < 4.78 is 0. The first-order valence-electron chi connectivity index (χ1n) is 8.29. The van der Waals surface area contributed by atoms with E-state index >= 15 is 0 Å². The Balaban J connectivity index is 1.50. The van der Waals surface area contributed by atoms with E-state index < -0.39 is 0 Å². The van der Waals surface area contributed by atoms with E-state index in [2.05, 4.69) is 44.7 Å². The van der Waals surface area contributed by atoms with E-state index in [1.165, 1.54) is 21.4 Å². The molecule has 1 aliphatic heterocycles. The van der Waals surface area contributed by atoms with E-state index in [1.54, 1.807) is 17.7 Å². The Kier molecular flexibility index (Phi) is 4.16. The summed E-state index contributed by atoms with van der Waals surface area (Å²) in [5, 5.41) is 1.24. The number of aromatic nitrogens is 3. The van der Waals surface area contributed by atoms with Crippen molar-refractivity contribution >= 4 is 27.4 Å². The molecule has 124 valence electrons. The Morgan fingerprint density at radius 2 is 1.96 bits per heavy atom. The Bertz CT molecular complexity index is 837. The van der Waals surface area contributed by atoms with Crippen molar-refractivity contribution in [1.29, 1.82) is 0 Å². The van der Waals surface area contributed by atoms with Gasteiger partial charge in [0.1, 0.15) is 17.0 Å². The molecule has 0 aromatic carbocycles. The molecule has 5 nitrogen and oxygen atoms in total. The lowest BCUT2D eigenvalue weighted by atomic mass is 10.2. The number of hydrogen-bond donors (Lipinski definition) is 0. The molecule has 0 amide bonds. The summed E-state index contributed by atoms with van der Waals surface area (Å²) in [6.07, 6.45) is 5.49. The van der Waals surface area contributed by atoms with Gasteiger partial charge in [-0.25, -0.2) is 9.97 Å². The fourth-order valence-electron chi connectivity index (χ4n) is 3.27. The van der Waals surface area contributed by atoms with E-state index in [9.17, 15) is 0 Å². The van der Waals surface area contributed by atoms with E-state index in [0.29, 0.717) is 0 Å². The number of piperazine rings is 1. The molecule has 1 aliphatic rings. The van der Waals surface area contributed by atoms with E-state index in [1.807, 2.05) is 18.5 Å². The van der Waals surface area contributed by atoms with Gasteiger partial charge in [0.2, 0.25) is 0 Å². The van der Waals surface area contributed by atoms with Crippen LogP contribution in [-0.4, -0.2) is 46.0 Å². The summed E-state index contributed by atoms with van der Waals surface area (Å²) in [5.41, 5.74) is 2.60. The molecule has 6 heteroatoms. The molecule has 3 aromatic heterocycles. The van der Waals surface area contributed by atoms with Gasteiger partial charge in [0, 0.05) is 50.0 Å². The second kappa shape index (κ2) is 6.45. The lowest BCUT2D eigenvalue weighted by Crippen LogP contribution is -2.46. The molecule has 1 saturated heterocycles. The highest BCUT2D eigenvalue weighted by Crippen LogP contribution is 2.34. The fraction of sp³-hybridized carbons (Fsp3) is 0.389. The highest BCUT2D eigenvalue weighted by molar-refractivity contribution is 7.18. The Morgan fingerprint density at radius 1 is 1.12 bits per heavy atom. The van der Waals surface area contributed by atoms with Crippen LogP contribution in [0.5, 0.6) is 0 Å². The first-order valence-corrected chi connectivity index (χ1v) is 9.11. The molecule has 0 unspecified atom stereocenters. The molecule has 1 fully saturated rings. The van der Waals surface area contributed by atoms with Crippen molar-refractivity contribution < 1.29 is 0 Å². The van der Waals surface area contributed by atoms with Gasteiger partial charge in [-0.2, -0.15) is 0 Å². The highest BCUT2D eigenvalue weighted by atomic mass is 32.1. The zero-order chi connectivity index (χ0) is 16.5. The van der Waals surface area contributed by atoms with Gasteiger partial charge in [-0.3, -0.25) is 9.88 Å². The van der Waals surface area contributed by atoms with Crippen molar-refractivity contribution in [3.05, 3.63) is 46.9 Å². The smallest absolute Gasteiger partial charge is 0.141 e. The Hall–Kier alpha value is -2.05. The lowest BCUT2D eigenvalue weighted by Gasteiger charge is -2.35. The van der Waals surface area contributed by atoms with Crippen molar-refractivity contribution in [2.24, 2.45) is 0 Å². The minimum Gasteiger partial charge on any atom is -0.353 e. The Labute approximate surface area is 146 Å². The molecule has 3 aromatic rings. The molecule has 4 rings (SSSR count). The van der Waals surface area contributed by atoms with Crippen LogP contribution in [-0.2, 0) is 6.54 Å². The molecule has 0 atom stereocenters. The van der Waals surface area contributed by atoms with Gasteiger partial charge < -0.3 is 4.90 Å². The van der Waals surface area contributed by atoms with Crippen LogP contribution in [0.4, 0.5) is 5.82 Å². The first-order chi connectivity index (χ1) is 11.7. The van der Waals surface area contributed by atoms with E-state index in [-0.39, 0.29) is 0 Å². The van der Waals surface area contributed by atoms with Crippen molar-refractivity contribution in [2.75, 3.05) is 31.1 Å². The van der Waals surface area contributed by atoms with Crippen LogP contribution >= 0.6 is 11.3 Å². The van der Waals surface area contributed by atoms with Crippen molar-refractivity contribution in [2.45, 2.75) is 20.4 Å².